The Bertz CT molecular complexity index is 1080. The summed E-state index contributed by atoms with van der Waals surface area (Å²) in [4.78, 5) is 36.8. The number of carbonyl (C=O) groups excluding carboxylic acids is 2. The molecule has 0 bridgehead atoms. The lowest BCUT2D eigenvalue weighted by Gasteiger charge is -2.29. The Kier molecular flexibility index (Phi) is 5.62. The lowest BCUT2D eigenvalue weighted by Crippen LogP contribution is -2.54. The maximum atomic E-state index is 13.0. The molecule has 3 rings (SSSR count). The molecule has 0 aliphatic carbocycles. The van der Waals surface area contributed by atoms with Crippen LogP contribution < -0.4 is 15.0 Å². The SMILES string of the molecule is COc1ccc(N2C(=O)/C(=C/c3cc(Br)c(O)c([N+](=O)[O-])c3)C(=O)NC2=S)cc1. The first-order valence-electron chi connectivity index (χ1n) is 7.95. The summed E-state index contributed by atoms with van der Waals surface area (Å²) in [5.41, 5.74) is -0.273. The zero-order valence-electron chi connectivity index (χ0n) is 14.7. The molecule has 11 heteroatoms. The van der Waals surface area contributed by atoms with Gasteiger partial charge in [-0.25, -0.2) is 0 Å². The lowest BCUT2D eigenvalue weighted by atomic mass is 10.1. The average molecular weight is 478 g/mol. The minimum atomic E-state index is -0.774. The number of phenols is 1. The number of nitro groups is 1. The third-order valence-electron chi connectivity index (χ3n) is 4.01. The van der Waals surface area contributed by atoms with Crippen LogP contribution in [0.3, 0.4) is 0 Å². The van der Waals surface area contributed by atoms with Crippen molar-refractivity contribution in [3.05, 3.63) is 62.1 Å². The Hall–Kier alpha value is -3.31. The van der Waals surface area contributed by atoms with Gasteiger partial charge in [-0.15, -0.1) is 0 Å². The predicted molar refractivity (Wildman–Crippen MR) is 112 cm³/mol. The van der Waals surface area contributed by atoms with Crippen LogP contribution in [0.1, 0.15) is 5.56 Å². The molecule has 1 heterocycles. The number of amides is 2. The molecule has 2 aromatic carbocycles. The van der Waals surface area contributed by atoms with Crippen LogP contribution in [0.5, 0.6) is 11.5 Å². The number of nitro benzene ring substituents is 1. The van der Waals surface area contributed by atoms with E-state index in [1.165, 1.54) is 19.3 Å². The fourth-order valence-electron chi connectivity index (χ4n) is 2.62. The first kappa shape index (κ1) is 20.4. The number of thiocarbonyl (C=S) groups is 1. The normalized spacial score (nSPS) is 15.4. The van der Waals surface area contributed by atoms with Crippen molar-refractivity contribution in [2.24, 2.45) is 0 Å². The molecule has 0 aromatic heterocycles. The number of ether oxygens (including phenoxy) is 1. The topological polar surface area (TPSA) is 122 Å². The monoisotopic (exact) mass is 477 g/mol. The number of anilines is 1. The van der Waals surface area contributed by atoms with Crippen LogP contribution in [0.15, 0.2) is 46.4 Å². The van der Waals surface area contributed by atoms with Gasteiger partial charge in [0.1, 0.15) is 11.3 Å². The van der Waals surface area contributed by atoms with E-state index in [2.05, 4.69) is 21.2 Å². The second kappa shape index (κ2) is 7.97. The zero-order valence-corrected chi connectivity index (χ0v) is 17.1. The van der Waals surface area contributed by atoms with Gasteiger partial charge in [0.2, 0.25) is 5.75 Å². The molecule has 0 spiro atoms. The number of carbonyl (C=O) groups is 2. The van der Waals surface area contributed by atoms with Gasteiger partial charge in [0.25, 0.3) is 11.8 Å². The lowest BCUT2D eigenvalue weighted by molar-refractivity contribution is -0.386. The minimum Gasteiger partial charge on any atom is -0.501 e. The number of nitrogens with one attached hydrogen (secondary N) is 1. The summed E-state index contributed by atoms with van der Waals surface area (Å²) in [5, 5.41) is 23.2. The van der Waals surface area contributed by atoms with Gasteiger partial charge in [-0.3, -0.25) is 29.9 Å². The maximum absolute atomic E-state index is 13.0. The third kappa shape index (κ3) is 3.96. The number of nitrogens with zero attached hydrogens (tertiary/aromatic N) is 2. The van der Waals surface area contributed by atoms with Crippen LogP contribution in [0.4, 0.5) is 11.4 Å². The predicted octanol–water partition coefficient (Wildman–Crippen LogP) is 2.90. The first-order chi connectivity index (χ1) is 13.7. The molecule has 2 N–H and O–H groups in total. The number of halogens is 1. The van der Waals surface area contributed by atoms with Crippen molar-refractivity contribution in [3.63, 3.8) is 0 Å². The summed E-state index contributed by atoms with van der Waals surface area (Å²) in [6.07, 6.45) is 1.19. The molecule has 1 aliphatic rings. The molecule has 29 heavy (non-hydrogen) atoms. The average Bonchev–Trinajstić information content (AvgIpc) is 2.67. The van der Waals surface area contributed by atoms with Crippen LogP contribution in [-0.4, -0.2) is 34.1 Å². The Labute approximate surface area is 177 Å². The van der Waals surface area contributed by atoms with Crippen LogP contribution in [0.2, 0.25) is 0 Å². The highest BCUT2D eigenvalue weighted by Gasteiger charge is 2.34. The molecule has 9 nitrogen and oxygen atoms in total. The molecule has 1 aliphatic heterocycles. The number of benzene rings is 2. The Morgan fingerprint density at radius 3 is 2.52 bits per heavy atom. The summed E-state index contributed by atoms with van der Waals surface area (Å²) in [5.74, 6) is -1.42. The van der Waals surface area contributed by atoms with E-state index >= 15 is 0 Å². The van der Waals surface area contributed by atoms with Gasteiger partial charge in [-0.1, -0.05) is 0 Å². The van der Waals surface area contributed by atoms with E-state index in [9.17, 15) is 24.8 Å². The van der Waals surface area contributed by atoms with E-state index in [1.807, 2.05) is 0 Å². The van der Waals surface area contributed by atoms with Gasteiger partial charge in [0.15, 0.2) is 5.11 Å². The quantitative estimate of drug-likeness (QED) is 0.228. The van der Waals surface area contributed by atoms with Crippen molar-refractivity contribution >= 4 is 62.5 Å². The Balaban J connectivity index is 2.04. The number of hydrogen-bond acceptors (Lipinski definition) is 7. The van der Waals surface area contributed by atoms with Crippen LogP contribution in [0, 0.1) is 10.1 Å². The fraction of sp³-hybridized carbons (Fsp3) is 0.0556. The number of phenolic OH excluding ortho intramolecular Hbond substituents is 1. The summed E-state index contributed by atoms with van der Waals surface area (Å²) < 4.78 is 5.13. The van der Waals surface area contributed by atoms with Crippen molar-refractivity contribution in [2.75, 3.05) is 12.0 Å². The van der Waals surface area contributed by atoms with Crippen molar-refractivity contribution in [1.29, 1.82) is 0 Å². The molecule has 148 valence electrons. The largest absolute Gasteiger partial charge is 0.501 e. The Morgan fingerprint density at radius 2 is 1.93 bits per heavy atom. The smallest absolute Gasteiger partial charge is 0.312 e. The fourth-order valence-corrected chi connectivity index (χ4v) is 3.37. The van der Waals surface area contributed by atoms with Gasteiger partial charge in [-0.05, 0) is 70.1 Å². The van der Waals surface area contributed by atoms with E-state index in [1.54, 1.807) is 24.3 Å². The van der Waals surface area contributed by atoms with Gasteiger partial charge < -0.3 is 9.84 Å². The second-order valence-electron chi connectivity index (χ2n) is 5.78. The second-order valence-corrected chi connectivity index (χ2v) is 7.02. The minimum absolute atomic E-state index is 0.0461. The van der Waals surface area contributed by atoms with Gasteiger partial charge in [0.05, 0.1) is 22.2 Å². The molecule has 0 unspecified atom stereocenters. The van der Waals surface area contributed by atoms with E-state index in [-0.39, 0.29) is 20.7 Å². The van der Waals surface area contributed by atoms with Gasteiger partial charge in [0, 0.05) is 6.07 Å². The highest BCUT2D eigenvalue weighted by Crippen LogP contribution is 2.36. The van der Waals surface area contributed by atoms with E-state index in [4.69, 9.17) is 17.0 Å². The number of aromatic hydroxyl groups is 1. The Morgan fingerprint density at radius 1 is 1.28 bits per heavy atom. The summed E-state index contributed by atoms with van der Waals surface area (Å²) in [7, 11) is 1.50. The van der Waals surface area contributed by atoms with E-state index < -0.39 is 28.2 Å². The standard InChI is InChI=1S/C18H12BrN3O6S/c1-28-11-4-2-10(3-5-11)21-17(25)12(16(24)20-18(21)29)6-9-7-13(19)15(23)14(8-9)22(26)27/h2-8,23H,1H3,(H,20,24,29)/b12-6+. The number of methoxy groups -OCH3 is 1. The van der Waals surface area contributed by atoms with Crippen LogP contribution >= 0.6 is 28.1 Å². The molecule has 0 radical (unpaired) electrons. The summed E-state index contributed by atoms with van der Waals surface area (Å²) in [6.45, 7) is 0. The maximum Gasteiger partial charge on any atom is 0.312 e. The molecule has 1 fully saturated rings. The number of rotatable bonds is 4. The highest BCUT2D eigenvalue weighted by molar-refractivity contribution is 9.10. The summed E-state index contributed by atoms with van der Waals surface area (Å²) in [6, 6.07) is 8.86. The van der Waals surface area contributed by atoms with Crippen molar-refractivity contribution < 1.29 is 24.4 Å². The van der Waals surface area contributed by atoms with E-state index in [0.717, 1.165) is 11.0 Å². The summed E-state index contributed by atoms with van der Waals surface area (Å²) >= 11 is 8.14. The number of hydrogen-bond donors (Lipinski definition) is 2. The van der Waals surface area contributed by atoms with Crippen molar-refractivity contribution in [2.45, 2.75) is 0 Å². The van der Waals surface area contributed by atoms with Crippen molar-refractivity contribution in [3.8, 4) is 11.5 Å². The molecule has 1 saturated heterocycles. The van der Waals surface area contributed by atoms with Gasteiger partial charge in [-0.2, -0.15) is 0 Å². The molecule has 0 saturated carbocycles. The molecule has 2 amide bonds. The molecule has 0 atom stereocenters. The molecular formula is C18H12BrN3O6S. The first-order valence-corrected chi connectivity index (χ1v) is 9.15. The molecular weight excluding hydrogens is 466 g/mol. The molecule has 2 aromatic rings. The van der Waals surface area contributed by atoms with E-state index in [0.29, 0.717) is 11.4 Å². The van der Waals surface area contributed by atoms with Crippen molar-refractivity contribution in [1.82, 2.24) is 5.32 Å². The van der Waals surface area contributed by atoms with Crippen LogP contribution in [-0.2, 0) is 9.59 Å². The van der Waals surface area contributed by atoms with Crippen LogP contribution in [0.25, 0.3) is 6.08 Å². The highest BCUT2D eigenvalue weighted by atomic mass is 79.9. The third-order valence-corrected chi connectivity index (χ3v) is 4.89. The van der Waals surface area contributed by atoms with Gasteiger partial charge >= 0.3 is 5.69 Å². The zero-order chi connectivity index (χ0) is 21.3.